The van der Waals surface area contributed by atoms with E-state index >= 15 is 0 Å². The molecule has 118 valence electrons. The van der Waals surface area contributed by atoms with Gasteiger partial charge in [-0.3, -0.25) is 0 Å². The molecular weight excluding hydrogens is 286 g/mol. The van der Waals surface area contributed by atoms with E-state index in [9.17, 15) is 0 Å². The van der Waals surface area contributed by atoms with Gasteiger partial charge in [-0.2, -0.15) is 0 Å². The minimum Gasteiger partial charge on any atom is -0.378 e. The molecule has 1 aromatic rings. The summed E-state index contributed by atoms with van der Waals surface area (Å²) in [6.07, 6.45) is 5.18. The number of hydrogen-bond acceptors (Lipinski definition) is 4. The van der Waals surface area contributed by atoms with Crippen LogP contribution in [0.1, 0.15) is 12.0 Å². The van der Waals surface area contributed by atoms with Crippen LogP contribution in [0, 0.1) is 24.8 Å². The highest BCUT2D eigenvalue weighted by Crippen LogP contribution is 2.36. The van der Waals surface area contributed by atoms with Crippen LogP contribution in [0.15, 0.2) is 41.2 Å². The predicted octanol–water partition coefficient (Wildman–Crippen LogP) is 2.41. The first-order valence-electron chi connectivity index (χ1n) is 8.24. The second-order valence-corrected chi connectivity index (χ2v) is 6.25. The van der Waals surface area contributed by atoms with Crippen LogP contribution < -0.4 is 4.90 Å². The van der Waals surface area contributed by atoms with E-state index in [1.54, 1.807) is 0 Å². The van der Waals surface area contributed by atoms with Gasteiger partial charge in [-0.05, 0) is 25.5 Å². The van der Waals surface area contributed by atoms with Gasteiger partial charge in [0.2, 0.25) is 0 Å². The first kappa shape index (κ1) is 14.3. The Kier molecular flexibility index (Phi) is 3.80. The van der Waals surface area contributed by atoms with E-state index in [0.29, 0.717) is 5.92 Å². The number of ether oxygens (including phenoxy) is 1. The maximum absolute atomic E-state index is 5.51. The number of rotatable bonds is 2. The van der Waals surface area contributed by atoms with E-state index < -0.39 is 0 Å². The number of anilines is 1. The Balaban J connectivity index is 1.70. The Bertz CT molecular complexity index is 690. The van der Waals surface area contributed by atoms with E-state index in [4.69, 9.17) is 4.74 Å². The summed E-state index contributed by atoms with van der Waals surface area (Å²) in [6.45, 7) is 5.64. The fraction of sp³-hybridized carbons (Fsp3) is 0.421. The molecule has 3 aliphatic heterocycles. The molecule has 0 spiro atoms. The van der Waals surface area contributed by atoms with Crippen LogP contribution in [-0.4, -0.2) is 43.5 Å². The molecule has 4 rings (SSSR count). The second kappa shape index (κ2) is 6.10. The van der Waals surface area contributed by atoms with Crippen LogP contribution in [0.2, 0.25) is 0 Å². The quantitative estimate of drug-likeness (QED) is 0.786. The van der Waals surface area contributed by atoms with Gasteiger partial charge in [0, 0.05) is 48.9 Å². The maximum Gasteiger partial charge on any atom is 0.105 e. The third-order valence-corrected chi connectivity index (χ3v) is 4.77. The Labute approximate surface area is 137 Å². The molecule has 0 N–H and O–H groups in total. The third-order valence-electron chi connectivity index (χ3n) is 4.77. The summed E-state index contributed by atoms with van der Waals surface area (Å²) in [4.78, 5) is 8.96. The molecule has 4 nitrogen and oxygen atoms in total. The molecule has 0 amide bonds. The van der Waals surface area contributed by atoms with Gasteiger partial charge in [0.1, 0.15) is 6.04 Å². The van der Waals surface area contributed by atoms with E-state index in [1.165, 1.54) is 16.9 Å². The highest BCUT2D eigenvalue weighted by atomic mass is 16.5. The summed E-state index contributed by atoms with van der Waals surface area (Å²) < 4.78 is 5.51. The van der Waals surface area contributed by atoms with Crippen molar-refractivity contribution in [3.8, 4) is 12.0 Å². The van der Waals surface area contributed by atoms with Crippen molar-refractivity contribution < 1.29 is 4.74 Å². The van der Waals surface area contributed by atoms with Gasteiger partial charge in [-0.1, -0.05) is 23.6 Å². The van der Waals surface area contributed by atoms with Gasteiger partial charge >= 0.3 is 0 Å². The summed E-state index contributed by atoms with van der Waals surface area (Å²) >= 11 is 0. The molecule has 1 fully saturated rings. The monoisotopic (exact) mass is 307 g/mol. The lowest BCUT2D eigenvalue weighted by Gasteiger charge is -2.32. The lowest BCUT2D eigenvalue weighted by molar-refractivity contribution is 0.0495. The number of hydrogen-bond donors (Lipinski definition) is 0. The number of morpholine rings is 1. The molecule has 2 unspecified atom stereocenters. The van der Waals surface area contributed by atoms with Crippen molar-refractivity contribution in [1.82, 2.24) is 4.90 Å². The molecule has 3 aliphatic rings. The maximum atomic E-state index is 5.51. The number of benzene rings is 1. The zero-order valence-electron chi connectivity index (χ0n) is 13.4. The first-order chi connectivity index (χ1) is 11.3. The molecule has 0 aromatic heterocycles. The van der Waals surface area contributed by atoms with E-state index in [0.717, 1.165) is 32.7 Å². The molecule has 0 bridgehead atoms. The minimum atomic E-state index is 0.165. The number of nitrogens with zero attached hydrogens (tertiary/aromatic N) is 3. The van der Waals surface area contributed by atoms with Gasteiger partial charge in [0.25, 0.3) is 0 Å². The highest BCUT2D eigenvalue weighted by molar-refractivity contribution is 5.65. The average Bonchev–Trinajstić information content (AvgIpc) is 2.78. The summed E-state index contributed by atoms with van der Waals surface area (Å²) in [5.41, 5.74) is 3.85. The summed E-state index contributed by atoms with van der Waals surface area (Å²) in [6, 6.07) is 11.8. The molecule has 23 heavy (non-hydrogen) atoms. The van der Waals surface area contributed by atoms with Gasteiger partial charge in [-0.15, -0.1) is 0 Å². The predicted molar refractivity (Wildman–Crippen MR) is 92.3 cm³/mol. The Morgan fingerprint density at radius 3 is 2.74 bits per heavy atom. The lowest BCUT2D eigenvalue weighted by Crippen LogP contribution is -2.39. The number of fused-ring (bicyclic) bond motifs is 1. The zero-order chi connectivity index (χ0) is 15.6. The molecule has 4 heteroatoms. The smallest absolute Gasteiger partial charge is 0.105 e. The summed E-state index contributed by atoms with van der Waals surface area (Å²) in [5, 5.41) is 0. The van der Waals surface area contributed by atoms with Gasteiger partial charge in [0.15, 0.2) is 0 Å². The fourth-order valence-corrected chi connectivity index (χ4v) is 3.50. The van der Waals surface area contributed by atoms with Crippen molar-refractivity contribution >= 4 is 11.9 Å². The normalized spacial score (nSPS) is 26.2. The van der Waals surface area contributed by atoms with Gasteiger partial charge < -0.3 is 14.5 Å². The minimum absolute atomic E-state index is 0.165. The molecule has 0 saturated carbocycles. The van der Waals surface area contributed by atoms with Crippen LogP contribution in [0.5, 0.6) is 0 Å². The van der Waals surface area contributed by atoms with Crippen LogP contribution in [0.4, 0.5) is 5.69 Å². The SMILES string of the molecule is Cc1ccc(N2C=C(N3CCOCC3)C3CC=NC#CC32)cc1. The summed E-state index contributed by atoms with van der Waals surface area (Å²) in [5.74, 6) is 3.73. The van der Waals surface area contributed by atoms with E-state index in [2.05, 4.69) is 64.1 Å². The third kappa shape index (κ3) is 2.73. The molecule has 3 heterocycles. The van der Waals surface area contributed by atoms with Crippen LogP contribution in [0.3, 0.4) is 0 Å². The highest BCUT2D eigenvalue weighted by Gasteiger charge is 2.37. The molecule has 2 atom stereocenters. The molecule has 1 saturated heterocycles. The van der Waals surface area contributed by atoms with Gasteiger partial charge in [0.05, 0.1) is 13.2 Å². The van der Waals surface area contributed by atoms with E-state index in [-0.39, 0.29) is 6.04 Å². The van der Waals surface area contributed by atoms with E-state index in [1.807, 2.05) is 6.21 Å². The lowest BCUT2D eigenvalue weighted by atomic mass is 9.95. The average molecular weight is 307 g/mol. The van der Waals surface area contributed by atoms with Crippen molar-refractivity contribution in [2.45, 2.75) is 19.4 Å². The first-order valence-corrected chi connectivity index (χ1v) is 8.24. The summed E-state index contributed by atoms with van der Waals surface area (Å²) in [7, 11) is 0. The van der Waals surface area contributed by atoms with Crippen LogP contribution >= 0.6 is 0 Å². The van der Waals surface area contributed by atoms with Crippen LogP contribution in [-0.2, 0) is 4.74 Å². The molecular formula is C19H21N3O. The molecule has 0 radical (unpaired) electrons. The largest absolute Gasteiger partial charge is 0.378 e. The Morgan fingerprint density at radius 1 is 1.17 bits per heavy atom. The van der Waals surface area contributed by atoms with Crippen molar-refractivity contribution in [1.29, 1.82) is 0 Å². The van der Waals surface area contributed by atoms with Crippen molar-refractivity contribution in [2.24, 2.45) is 10.9 Å². The topological polar surface area (TPSA) is 28.1 Å². The van der Waals surface area contributed by atoms with Crippen LogP contribution in [0.25, 0.3) is 0 Å². The Hall–Kier alpha value is -2.25. The second-order valence-electron chi connectivity index (χ2n) is 6.25. The van der Waals surface area contributed by atoms with Crippen molar-refractivity contribution in [3.05, 3.63) is 41.7 Å². The molecule has 0 aliphatic carbocycles. The number of aryl methyl sites for hydroxylation is 1. The van der Waals surface area contributed by atoms with Crippen molar-refractivity contribution in [3.63, 3.8) is 0 Å². The van der Waals surface area contributed by atoms with Crippen molar-refractivity contribution in [2.75, 3.05) is 31.2 Å². The number of aliphatic imine (C=N–C) groups is 1. The van der Waals surface area contributed by atoms with Gasteiger partial charge in [-0.25, -0.2) is 4.99 Å². The zero-order valence-corrected chi connectivity index (χ0v) is 13.4. The fourth-order valence-electron chi connectivity index (χ4n) is 3.50. The molecule has 1 aromatic carbocycles. The Morgan fingerprint density at radius 2 is 1.96 bits per heavy atom. The standard InChI is InChI=1S/C19H21N3O/c1-15-2-4-16(5-3-15)22-14-19(21-10-12-23-13-11-21)17-6-8-20-9-7-18(17)22/h2-5,8,14,17-18H,6,10-13H2,1H3.